The Morgan fingerprint density at radius 3 is 1.46 bits per heavy atom. The van der Waals surface area contributed by atoms with Crippen LogP contribution in [-0.2, 0) is 0 Å². The maximum atomic E-state index is 6.65. The average molecular weight is 500 g/mol. The fourth-order valence-corrected chi connectivity index (χ4v) is 5.59. The third-order valence-corrected chi connectivity index (χ3v) is 7.32. The predicted molar refractivity (Wildman–Crippen MR) is 156 cm³/mol. The van der Waals surface area contributed by atoms with Crippen LogP contribution in [0.1, 0.15) is 0 Å². The van der Waals surface area contributed by atoms with Crippen LogP contribution in [0, 0.1) is 0 Å². The lowest BCUT2D eigenvalue weighted by atomic mass is 9.94. The highest BCUT2D eigenvalue weighted by atomic mass is 16.3. The van der Waals surface area contributed by atoms with Gasteiger partial charge in [-0.25, -0.2) is 15.0 Å². The van der Waals surface area contributed by atoms with E-state index in [1.165, 1.54) is 11.1 Å². The first-order valence-corrected chi connectivity index (χ1v) is 13.0. The number of aromatic nitrogens is 3. The van der Waals surface area contributed by atoms with E-state index >= 15 is 0 Å². The largest absolute Gasteiger partial charge is 0.452 e. The van der Waals surface area contributed by atoms with Gasteiger partial charge < -0.3 is 4.42 Å². The number of rotatable bonds is 3. The molecule has 0 saturated carbocycles. The third-order valence-electron chi connectivity index (χ3n) is 7.32. The minimum atomic E-state index is 0.514. The van der Waals surface area contributed by atoms with Gasteiger partial charge in [-0.15, -0.1) is 0 Å². The number of fused-ring (bicyclic) bond motifs is 5. The molecule has 0 spiro atoms. The van der Waals surface area contributed by atoms with E-state index in [0.717, 1.165) is 44.3 Å². The molecule has 8 rings (SSSR count). The smallest absolute Gasteiger partial charge is 0.200 e. The van der Waals surface area contributed by atoms with E-state index in [9.17, 15) is 0 Å². The van der Waals surface area contributed by atoms with Crippen molar-refractivity contribution >= 4 is 11.0 Å². The zero-order valence-corrected chi connectivity index (χ0v) is 20.9. The molecule has 4 heteroatoms. The Bertz CT molecular complexity index is 1950. The van der Waals surface area contributed by atoms with E-state index in [0.29, 0.717) is 23.2 Å². The lowest BCUT2D eigenvalue weighted by Gasteiger charge is -2.11. The highest BCUT2D eigenvalue weighted by molar-refractivity contribution is 6.15. The molecule has 4 nitrogen and oxygen atoms in total. The van der Waals surface area contributed by atoms with Crippen molar-refractivity contribution in [1.82, 2.24) is 15.0 Å². The minimum Gasteiger partial charge on any atom is -0.452 e. The van der Waals surface area contributed by atoms with Gasteiger partial charge in [0.15, 0.2) is 17.4 Å². The molecule has 0 atom stereocenters. The fourth-order valence-electron chi connectivity index (χ4n) is 5.59. The maximum Gasteiger partial charge on any atom is 0.200 e. The number of hydrogen-bond acceptors (Lipinski definition) is 4. The maximum absolute atomic E-state index is 6.65. The molecule has 5 aromatic carbocycles. The monoisotopic (exact) mass is 499 g/mol. The van der Waals surface area contributed by atoms with Gasteiger partial charge in [0.2, 0.25) is 5.82 Å². The summed E-state index contributed by atoms with van der Waals surface area (Å²) in [6, 6.07) is 43.4. The standard InChI is InChI=1S/C35H21N3O/c1-3-12-22(13-4-1)33-36-34(23-14-5-2-6-15-23)38-35(37-33)32-31-28-19-10-9-18-26(28)24-16-7-8-17-25(24)27-20-11-21-29(39-32)30(27)31/h1-21H. The van der Waals surface area contributed by atoms with Crippen LogP contribution in [0.3, 0.4) is 0 Å². The van der Waals surface area contributed by atoms with Gasteiger partial charge in [-0.1, -0.05) is 121 Å². The summed E-state index contributed by atoms with van der Waals surface area (Å²) < 4.78 is 6.65. The summed E-state index contributed by atoms with van der Waals surface area (Å²) in [7, 11) is 0. The van der Waals surface area contributed by atoms with E-state index < -0.39 is 0 Å². The Morgan fingerprint density at radius 2 is 0.846 bits per heavy atom. The highest BCUT2D eigenvalue weighted by Crippen LogP contribution is 2.51. The Balaban J connectivity index is 1.48. The molecule has 0 N–H and O–H groups in total. The van der Waals surface area contributed by atoms with Crippen LogP contribution in [0.15, 0.2) is 132 Å². The van der Waals surface area contributed by atoms with E-state index in [-0.39, 0.29) is 0 Å². The van der Waals surface area contributed by atoms with Crippen molar-refractivity contribution in [3.63, 3.8) is 0 Å². The molecule has 2 aromatic heterocycles. The number of hydrogen-bond donors (Lipinski definition) is 0. The van der Waals surface area contributed by atoms with E-state index in [4.69, 9.17) is 19.4 Å². The molecule has 0 amide bonds. The molecule has 1 aliphatic rings. The van der Waals surface area contributed by atoms with Crippen LogP contribution in [-0.4, -0.2) is 15.0 Å². The first kappa shape index (κ1) is 21.7. The summed E-state index contributed by atoms with van der Waals surface area (Å²) in [5, 5.41) is 1.08. The molecule has 0 unspecified atom stereocenters. The molecule has 0 aliphatic heterocycles. The Morgan fingerprint density at radius 1 is 0.385 bits per heavy atom. The van der Waals surface area contributed by atoms with E-state index in [1.54, 1.807) is 0 Å². The van der Waals surface area contributed by atoms with Gasteiger partial charge in [0.05, 0.1) is 0 Å². The van der Waals surface area contributed by atoms with Crippen molar-refractivity contribution in [3.8, 4) is 67.7 Å². The van der Waals surface area contributed by atoms with Crippen molar-refractivity contribution < 1.29 is 4.42 Å². The first-order valence-electron chi connectivity index (χ1n) is 13.0. The second kappa shape index (κ2) is 8.61. The first-order chi connectivity index (χ1) is 19.3. The molecule has 2 heterocycles. The zero-order chi connectivity index (χ0) is 25.8. The minimum absolute atomic E-state index is 0.514. The molecule has 1 aliphatic carbocycles. The van der Waals surface area contributed by atoms with Crippen molar-refractivity contribution in [1.29, 1.82) is 0 Å². The molecule has 0 radical (unpaired) electrons. The summed E-state index contributed by atoms with van der Waals surface area (Å²) in [5.41, 5.74) is 9.47. The van der Waals surface area contributed by atoms with Crippen molar-refractivity contribution in [2.75, 3.05) is 0 Å². The SMILES string of the molecule is c1ccc(-c2nc(-c3ccccc3)nc(-c3oc4cccc5c4c3-c3ccccc3-c3ccccc3-5)n2)cc1. The van der Waals surface area contributed by atoms with E-state index in [1.807, 2.05) is 66.7 Å². The summed E-state index contributed by atoms with van der Waals surface area (Å²) in [6.07, 6.45) is 0. The normalized spacial score (nSPS) is 11.6. The lowest BCUT2D eigenvalue weighted by molar-refractivity contribution is 0.626. The molecule has 0 saturated heterocycles. The molecule has 0 fully saturated rings. The van der Waals surface area contributed by atoms with Crippen molar-refractivity contribution in [2.24, 2.45) is 0 Å². The molecule has 39 heavy (non-hydrogen) atoms. The van der Waals surface area contributed by atoms with Crippen LogP contribution in [0.5, 0.6) is 0 Å². The van der Waals surface area contributed by atoms with Gasteiger partial charge in [0.25, 0.3) is 0 Å². The van der Waals surface area contributed by atoms with Gasteiger partial charge in [0.1, 0.15) is 5.58 Å². The van der Waals surface area contributed by atoms with Crippen LogP contribution in [0.4, 0.5) is 0 Å². The van der Waals surface area contributed by atoms with Crippen molar-refractivity contribution in [3.05, 3.63) is 127 Å². The summed E-state index contributed by atoms with van der Waals surface area (Å²) in [5.74, 6) is 2.38. The predicted octanol–water partition coefficient (Wildman–Crippen LogP) is 8.93. The highest BCUT2D eigenvalue weighted by Gasteiger charge is 2.29. The average Bonchev–Trinajstić information content (AvgIpc) is 3.36. The van der Waals surface area contributed by atoms with Gasteiger partial charge in [-0.3, -0.25) is 0 Å². The fraction of sp³-hybridized carbons (Fsp3) is 0. The summed E-state index contributed by atoms with van der Waals surface area (Å²) in [6.45, 7) is 0. The number of benzene rings is 5. The number of nitrogens with zero attached hydrogens (tertiary/aromatic N) is 3. The number of furan rings is 1. The Hall–Kier alpha value is -5.35. The molecular weight excluding hydrogens is 478 g/mol. The topological polar surface area (TPSA) is 51.8 Å². The third kappa shape index (κ3) is 3.42. The molecule has 7 aromatic rings. The zero-order valence-electron chi connectivity index (χ0n) is 20.9. The summed E-state index contributed by atoms with van der Waals surface area (Å²) in [4.78, 5) is 14.9. The second-order valence-corrected chi connectivity index (χ2v) is 9.61. The van der Waals surface area contributed by atoms with Crippen molar-refractivity contribution in [2.45, 2.75) is 0 Å². The molecule has 0 bridgehead atoms. The van der Waals surface area contributed by atoms with E-state index in [2.05, 4.69) is 60.7 Å². The van der Waals surface area contributed by atoms with Crippen LogP contribution >= 0.6 is 0 Å². The van der Waals surface area contributed by atoms with Gasteiger partial charge in [0, 0.05) is 22.1 Å². The quantitative estimate of drug-likeness (QED) is 0.243. The lowest BCUT2D eigenvalue weighted by Crippen LogP contribution is -2.00. The van der Waals surface area contributed by atoms with Crippen LogP contribution in [0.25, 0.3) is 78.7 Å². The Kier molecular flexibility index (Phi) is 4.79. The molecular formula is C35H21N3O. The van der Waals surface area contributed by atoms with Gasteiger partial charge in [-0.2, -0.15) is 0 Å². The summed E-state index contributed by atoms with van der Waals surface area (Å²) >= 11 is 0. The van der Waals surface area contributed by atoms with Gasteiger partial charge >= 0.3 is 0 Å². The molecule has 182 valence electrons. The Labute approximate surface area is 225 Å². The second-order valence-electron chi connectivity index (χ2n) is 9.61. The van der Waals surface area contributed by atoms with Crippen LogP contribution < -0.4 is 0 Å². The van der Waals surface area contributed by atoms with Gasteiger partial charge in [-0.05, 0) is 33.9 Å². The van der Waals surface area contributed by atoms with Crippen LogP contribution in [0.2, 0.25) is 0 Å².